The molecule has 220 valence electrons. The van der Waals surface area contributed by atoms with Crippen molar-refractivity contribution in [2.24, 2.45) is 11.7 Å². The van der Waals surface area contributed by atoms with Gasteiger partial charge in [-0.05, 0) is 24.0 Å². The molecule has 2 aromatic heterocycles. The first-order valence-corrected chi connectivity index (χ1v) is 13.1. The Morgan fingerprint density at radius 3 is 2.20 bits per heavy atom. The Morgan fingerprint density at radius 1 is 0.902 bits per heavy atom. The van der Waals surface area contributed by atoms with Crippen LogP contribution in [0.1, 0.15) is 37.9 Å². The Kier molecular flexibility index (Phi) is 10.6. The fourth-order valence-electron chi connectivity index (χ4n) is 4.20. The molecule has 1 aromatic carbocycles. The maximum absolute atomic E-state index is 13.5. The molecule has 3 amide bonds. The lowest BCUT2D eigenvalue weighted by Crippen LogP contribution is -2.58. The number of carboxylic acids is 2. The molecule has 4 unspecified atom stereocenters. The Labute approximate surface area is 235 Å². The van der Waals surface area contributed by atoms with Crippen LogP contribution in [0.25, 0.3) is 10.9 Å². The van der Waals surface area contributed by atoms with E-state index in [4.69, 9.17) is 5.73 Å². The summed E-state index contributed by atoms with van der Waals surface area (Å²) in [6, 6.07) is 2.46. The number of para-hydroxylation sites is 1. The second-order valence-corrected chi connectivity index (χ2v) is 10.1. The van der Waals surface area contributed by atoms with Crippen molar-refractivity contribution < 1.29 is 34.2 Å². The molecule has 0 radical (unpaired) electrons. The van der Waals surface area contributed by atoms with Gasteiger partial charge in [-0.2, -0.15) is 0 Å². The Morgan fingerprint density at radius 2 is 1.56 bits per heavy atom. The van der Waals surface area contributed by atoms with Gasteiger partial charge in [0.15, 0.2) is 0 Å². The van der Waals surface area contributed by atoms with Crippen molar-refractivity contribution in [3.05, 3.63) is 54.2 Å². The van der Waals surface area contributed by atoms with Crippen LogP contribution >= 0.6 is 0 Å². The number of aliphatic carboxylic acids is 2. The van der Waals surface area contributed by atoms with Crippen molar-refractivity contribution in [3.63, 3.8) is 0 Å². The first-order chi connectivity index (χ1) is 19.5. The molecule has 2 heterocycles. The highest BCUT2D eigenvalue weighted by Gasteiger charge is 2.32. The molecule has 14 nitrogen and oxygen atoms in total. The van der Waals surface area contributed by atoms with Crippen LogP contribution in [0.4, 0.5) is 0 Å². The second-order valence-electron chi connectivity index (χ2n) is 10.1. The van der Waals surface area contributed by atoms with Gasteiger partial charge in [0.05, 0.1) is 12.4 Å². The maximum Gasteiger partial charge on any atom is 0.326 e. The number of amides is 3. The molecule has 14 heteroatoms. The molecular formula is C27H35N7O7. The zero-order valence-corrected chi connectivity index (χ0v) is 22.7. The van der Waals surface area contributed by atoms with Crippen LogP contribution < -0.4 is 21.7 Å². The fraction of sp³-hybridized carbons (Fsp3) is 0.407. The smallest absolute Gasteiger partial charge is 0.326 e. The van der Waals surface area contributed by atoms with Crippen molar-refractivity contribution in [2.75, 3.05) is 0 Å². The van der Waals surface area contributed by atoms with Gasteiger partial charge in [0, 0.05) is 48.3 Å². The average molecular weight is 570 g/mol. The molecule has 3 rings (SSSR count). The second kappa shape index (κ2) is 14.1. The molecule has 9 N–H and O–H groups in total. The highest BCUT2D eigenvalue weighted by Crippen LogP contribution is 2.19. The number of carboxylic acid groups (broad SMARTS) is 2. The van der Waals surface area contributed by atoms with E-state index in [1.807, 2.05) is 24.3 Å². The number of rotatable bonds is 15. The van der Waals surface area contributed by atoms with E-state index in [2.05, 4.69) is 30.9 Å². The van der Waals surface area contributed by atoms with E-state index >= 15 is 0 Å². The minimum absolute atomic E-state index is 0.0247. The lowest BCUT2D eigenvalue weighted by atomic mass is 10.0. The number of imidazole rings is 1. The number of aromatic amines is 2. The Balaban J connectivity index is 1.87. The van der Waals surface area contributed by atoms with E-state index < -0.39 is 60.2 Å². The third-order valence-electron chi connectivity index (χ3n) is 6.63. The molecule has 0 bridgehead atoms. The predicted molar refractivity (Wildman–Crippen MR) is 147 cm³/mol. The van der Waals surface area contributed by atoms with E-state index in [1.165, 1.54) is 12.5 Å². The number of aromatic nitrogens is 3. The zero-order valence-electron chi connectivity index (χ0n) is 22.7. The standard InChI is InChI=1S/C27H35N7O7/c1-14(2)23(28)26(39)32-19(7-8-22(35)36)24(37)33-20(9-15-11-30-18-6-4-3-5-17(15)18)25(38)34-21(27(40)41)10-16-12-29-13-31-16/h3-6,11-14,19-21,23,30H,7-10,28H2,1-2H3,(H,29,31)(H,32,39)(H,33,37)(H,34,38)(H,35,36)(H,40,41). The molecule has 0 fully saturated rings. The first kappa shape index (κ1) is 30.8. The minimum Gasteiger partial charge on any atom is -0.481 e. The van der Waals surface area contributed by atoms with Gasteiger partial charge in [0.25, 0.3) is 0 Å². The summed E-state index contributed by atoms with van der Waals surface area (Å²) >= 11 is 0. The molecule has 0 aliphatic carbocycles. The number of nitrogens with two attached hydrogens (primary N) is 1. The molecule has 0 aliphatic heterocycles. The maximum atomic E-state index is 13.5. The molecule has 41 heavy (non-hydrogen) atoms. The largest absolute Gasteiger partial charge is 0.481 e. The normalized spacial score (nSPS) is 14.1. The van der Waals surface area contributed by atoms with Crippen molar-refractivity contribution in [3.8, 4) is 0 Å². The fourth-order valence-corrected chi connectivity index (χ4v) is 4.20. The van der Waals surface area contributed by atoms with E-state index in [-0.39, 0.29) is 25.2 Å². The number of nitrogens with zero attached hydrogens (tertiary/aromatic N) is 1. The highest BCUT2D eigenvalue weighted by molar-refractivity contribution is 5.95. The quantitative estimate of drug-likeness (QED) is 0.123. The topological polar surface area (TPSA) is 232 Å². The van der Waals surface area contributed by atoms with Crippen LogP contribution in [-0.4, -0.2) is 79.0 Å². The summed E-state index contributed by atoms with van der Waals surface area (Å²) in [6.45, 7) is 3.44. The summed E-state index contributed by atoms with van der Waals surface area (Å²) in [5, 5.41) is 27.3. The first-order valence-electron chi connectivity index (χ1n) is 13.1. The van der Waals surface area contributed by atoms with Gasteiger partial charge in [-0.25, -0.2) is 9.78 Å². The van der Waals surface area contributed by atoms with Crippen LogP contribution in [0.5, 0.6) is 0 Å². The van der Waals surface area contributed by atoms with Crippen molar-refractivity contribution in [1.82, 2.24) is 30.9 Å². The summed E-state index contributed by atoms with van der Waals surface area (Å²) < 4.78 is 0. The highest BCUT2D eigenvalue weighted by atomic mass is 16.4. The number of carbonyl (C=O) groups excluding carboxylic acids is 3. The molecule has 0 spiro atoms. The van der Waals surface area contributed by atoms with Crippen molar-refractivity contribution in [2.45, 2.75) is 63.7 Å². The monoisotopic (exact) mass is 569 g/mol. The van der Waals surface area contributed by atoms with Gasteiger partial charge in [0.2, 0.25) is 17.7 Å². The minimum atomic E-state index is -1.34. The van der Waals surface area contributed by atoms with Gasteiger partial charge < -0.3 is 41.9 Å². The van der Waals surface area contributed by atoms with Crippen LogP contribution in [0, 0.1) is 5.92 Å². The summed E-state index contributed by atoms with van der Waals surface area (Å²) in [4.78, 5) is 72.4. The van der Waals surface area contributed by atoms with Gasteiger partial charge >= 0.3 is 11.9 Å². The molecular weight excluding hydrogens is 534 g/mol. The summed E-state index contributed by atoms with van der Waals surface area (Å²) in [7, 11) is 0. The summed E-state index contributed by atoms with van der Waals surface area (Å²) in [5.41, 5.74) is 7.86. The zero-order chi connectivity index (χ0) is 30.1. The van der Waals surface area contributed by atoms with Crippen LogP contribution in [0.2, 0.25) is 0 Å². The average Bonchev–Trinajstić information content (AvgIpc) is 3.59. The van der Waals surface area contributed by atoms with Gasteiger partial charge in [-0.3, -0.25) is 19.2 Å². The number of nitrogens with one attached hydrogen (secondary N) is 5. The Hall–Kier alpha value is -4.72. The summed E-state index contributed by atoms with van der Waals surface area (Å²) in [6.07, 6.45) is 3.71. The molecule has 0 saturated carbocycles. The molecule has 3 aromatic rings. The van der Waals surface area contributed by atoms with E-state index in [1.54, 1.807) is 20.0 Å². The predicted octanol–water partition coefficient (Wildman–Crippen LogP) is 0.0633. The van der Waals surface area contributed by atoms with Crippen LogP contribution in [0.3, 0.4) is 0 Å². The summed E-state index contributed by atoms with van der Waals surface area (Å²) in [5.74, 6) is -4.95. The van der Waals surface area contributed by atoms with Gasteiger partial charge in [0.1, 0.15) is 18.1 Å². The number of fused-ring (bicyclic) bond motifs is 1. The van der Waals surface area contributed by atoms with Gasteiger partial charge in [-0.1, -0.05) is 32.0 Å². The molecule has 0 aliphatic rings. The van der Waals surface area contributed by atoms with Crippen molar-refractivity contribution >= 4 is 40.6 Å². The van der Waals surface area contributed by atoms with Gasteiger partial charge in [-0.15, -0.1) is 0 Å². The van der Waals surface area contributed by atoms with E-state index in [0.29, 0.717) is 11.3 Å². The number of benzene rings is 1. The van der Waals surface area contributed by atoms with E-state index in [9.17, 15) is 34.2 Å². The molecule has 4 atom stereocenters. The van der Waals surface area contributed by atoms with Crippen LogP contribution in [0.15, 0.2) is 43.0 Å². The van der Waals surface area contributed by atoms with E-state index in [0.717, 1.165) is 10.9 Å². The number of H-pyrrole nitrogens is 2. The third-order valence-corrected chi connectivity index (χ3v) is 6.63. The lowest BCUT2D eigenvalue weighted by Gasteiger charge is -2.25. The number of carbonyl (C=O) groups is 5. The Bertz CT molecular complexity index is 1370. The third kappa shape index (κ3) is 8.63. The SMILES string of the molecule is CC(C)C(N)C(=O)NC(CCC(=O)O)C(=O)NC(Cc1c[nH]c2ccccc12)C(=O)NC(Cc1cnc[nH]1)C(=O)O. The number of hydrogen-bond donors (Lipinski definition) is 8. The lowest BCUT2D eigenvalue weighted by molar-refractivity contribution is -0.142. The number of hydrogen-bond acceptors (Lipinski definition) is 7. The van der Waals surface area contributed by atoms with Crippen molar-refractivity contribution in [1.29, 1.82) is 0 Å². The molecule has 0 saturated heterocycles. The van der Waals surface area contributed by atoms with Crippen LogP contribution in [-0.2, 0) is 36.8 Å².